The highest BCUT2D eigenvalue weighted by Gasteiger charge is 2.38. The molecule has 1 aliphatic rings. The minimum Gasteiger partial charge on any atom is -0.379 e. The van der Waals surface area contributed by atoms with E-state index in [1.165, 1.54) is 0 Å². The van der Waals surface area contributed by atoms with E-state index >= 15 is 0 Å². The zero-order valence-electron chi connectivity index (χ0n) is 11.1. The Labute approximate surface area is 104 Å². The minimum atomic E-state index is -3.03. The molecule has 102 valence electrons. The van der Waals surface area contributed by atoms with E-state index in [0.717, 1.165) is 19.5 Å². The van der Waals surface area contributed by atoms with Crippen molar-refractivity contribution in [3.63, 3.8) is 0 Å². The van der Waals surface area contributed by atoms with Crippen molar-refractivity contribution in [3.8, 4) is 0 Å². The molecule has 1 atom stereocenters. The van der Waals surface area contributed by atoms with Crippen LogP contribution >= 0.6 is 7.60 Å². The molecule has 1 rings (SSSR count). The molecule has 0 aromatic carbocycles. The molecule has 0 unspecified atom stereocenters. The zero-order valence-corrected chi connectivity index (χ0v) is 11.9. The van der Waals surface area contributed by atoms with Crippen LogP contribution in [0.25, 0.3) is 0 Å². The van der Waals surface area contributed by atoms with Gasteiger partial charge in [0.1, 0.15) is 5.78 Å². The van der Waals surface area contributed by atoms with Crippen LogP contribution in [-0.4, -0.2) is 50.2 Å². The first kappa shape index (κ1) is 15.1. The topological polar surface area (TPSA) is 48.0 Å². The molecule has 1 saturated heterocycles. The van der Waals surface area contributed by atoms with Crippen LogP contribution in [0, 0.1) is 0 Å². The summed E-state index contributed by atoms with van der Waals surface area (Å²) < 4.78 is 28.9. The number of nitrogens with zero attached hydrogens (tertiary/aromatic N) is 1. The molecule has 0 spiro atoms. The van der Waals surface area contributed by atoms with E-state index in [1.54, 1.807) is 0 Å². The lowest BCUT2D eigenvalue weighted by molar-refractivity contribution is 0.0234. The molecule has 1 aliphatic heterocycles. The second-order valence-electron chi connectivity index (χ2n) is 3.91. The van der Waals surface area contributed by atoms with Crippen LogP contribution < -0.4 is 0 Å². The molecule has 6 heteroatoms. The highest BCUT2D eigenvalue weighted by Crippen LogP contribution is 2.55. The predicted molar refractivity (Wildman–Crippen MR) is 67.3 cm³/mol. The fourth-order valence-corrected chi connectivity index (χ4v) is 4.34. The Kier molecular flexibility index (Phi) is 6.67. The Balaban J connectivity index is 2.75. The third-order valence-electron chi connectivity index (χ3n) is 2.82. The average molecular weight is 265 g/mol. The monoisotopic (exact) mass is 265 g/mol. The van der Waals surface area contributed by atoms with Crippen LogP contribution in [0.1, 0.15) is 27.2 Å². The Morgan fingerprint density at radius 3 is 2.12 bits per heavy atom. The molecule has 1 fully saturated rings. The highest BCUT2D eigenvalue weighted by atomic mass is 31.2. The summed E-state index contributed by atoms with van der Waals surface area (Å²) in [6, 6.07) is 0. The van der Waals surface area contributed by atoms with E-state index in [-0.39, 0.29) is 5.78 Å². The van der Waals surface area contributed by atoms with Gasteiger partial charge < -0.3 is 13.8 Å². The molecule has 0 amide bonds. The van der Waals surface area contributed by atoms with Crippen molar-refractivity contribution in [1.29, 1.82) is 0 Å². The van der Waals surface area contributed by atoms with Crippen molar-refractivity contribution in [3.05, 3.63) is 0 Å². The van der Waals surface area contributed by atoms with Gasteiger partial charge in [-0.25, -0.2) is 0 Å². The number of hydrogen-bond donors (Lipinski definition) is 0. The molecule has 0 saturated carbocycles. The maximum Gasteiger partial charge on any atom is 0.347 e. The van der Waals surface area contributed by atoms with Crippen LogP contribution in [0.4, 0.5) is 0 Å². The van der Waals surface area contributed by atoms with Crippen LogP contribution in [0.5, 0.6) is 0 Å². The van der Waals surface area contributed by atoms with Gasteiger partial charge in [0, 0.05) is 13.1 Å². The summed E-state index contributed by atoms with van der Waals surface area (Å²) in [5.74, 6) is -0.147. The van der Waals surface area contributed by atoms with Crippen LogP contribution in [0.2, 0.25) is 0 Å². The summed E-state index contributed by atoms with van der Waals surface area (Å²) in [4.78, 5) is 2.16. The number of ether oxygens (including phenoxy) is 1. The van der Waals surface area contributed by atoms with E-state index in [2.05, 4.69) is 4.90 Å². The molecular formula is C11H24NO4P. The fraction of sp³-hybridized carbons (Fsp3) is 1.00. The molecular weight excluding hydrogens is 241 g/mol. The van der Waals surface area contributed by atoms with E-state index in [4.69, 9.17) is 13.8 Å². The van der Waals surface area contributed by atoms with Crippen LogP contribution in [0.3, 0.4) is 0 Å². The molecule has 5 nitrogen and oxygen atoms in total. The molecule has 0 radical (unpaired) electrons. The van der Waals surface area contributed by atoms with Gasteiger partial charge in [0.05, 0.1) is 26.4 Å². The lowest BCUT2D eigenvalue weighted by Gasteiger charge is -2.37. The Morgan fingerprint density at radius 1 is 1.18 bits per heavy atom. The molecule has 0 bridgehead atoms. The molecule has 0 aliphatic carbocycles. The maximum atomic E-state index is 12.7. The molecule has 17 heavy (non-hydrogen) atoms. The molecule has 0 aromatic heterocycles. The first-order chi connectivity index (χ1) is 8.18. The van der Waals surface area contributed by atoms with Gasteiger partial charge in [-0.3, -0.25) is 9.46 Å². The average Bonchev–Trinajstić information content (AvgIpc) is 2.31. The van der Waals surface area contributed by atoms with E-state index in [9.17, 15) is 4.57 Å². The summed E-state index contributed by atoms with van der Waals surface area (Å²) in [6.45, 7) is 9.51. The van der Waals surface area contributed by atoms with Crippen molar-refractivity contribution in [2.45, 2.75) is 33.0 Å². The van der Waals surface area contributed by atoms with Gasteiger partial charge >= 0.3 is 7.60 Å². The summed E-state index contributed by atoms with van der Waals surface area (Å²) in [5.41, 5.74) is 0. The number of rotatable bonds is 7. The van der Waals surface area contributed by atoms with Gasteiger partial charge in [-0.2, -0.15) is 0 Å². The lowest BCUT2D eigenvalue weighted by Crippen LogP contribution is -2.43. The van der Waals surface area contributed by atoms with Gasteiger partial charge in [-0.05, 0) is 20.3 Å². The first-order valence-corrected chi connectivity index (χ1v) is 7.99. The van der Waals surface area contributed by atoms with Gasteiger partial charge in [-0.15, -0.1) is 0 Å². The SMILES string of the molecule is CCOP(=O)(OCC)[C@@H](CC)N1CCOCC1. The standard InChI is InChI=1S/C11H24NO4P/c1-4-11(12-7-9-14-10-8-12)17(13,15-5-2)16-6-3/h11H,4-10H2,1-3H3/t11-/m0/s1. The predicted octanol–water partition coefficient (Wildman–Crippen LogP) is 2.32. The fourth-order valence-electron chi connectivity index (χ4n) is 2.13. The normalized spacial score (nSPS) is 20.4. The van der Waals surface area contributed by atoms with Crippen LogP contribution in [0.15, 0.2) is 0 Å². The Bertz CT molecular complexity index is 246. The highest BCUT2D eigenvalue weighted by molar-refractivity contribution is 7.54. The van der Waals surface area contributed by atoms with Crippen molar-refractivity contribution in [2.24, 2.45) is 0 Å². The summed E-state index contributed by atoms with van der Waals surface area (Å²) in [7, 11) is -3.03. The van der Waals surface area contributed by atoms with Gasteiger partial charge in [-0.1, -0.05) is 6.92 Å². The Hall–Kier alpha value is 0.0700. The van der Waals surface area contributed by atoms with Crippen molar-refractivity contribution in [2.75, 3.05) is 39.5 Å². The molecule has 0 aromatic rings. The van der Waals surface area contributed by atoms with Crippen molar-refractivity contribution < 1.29 is 18.3 Å². The minimum absolute atomic E-state index is 0.147. The lowest BCUT2D eigenvalue weighted by atomic mass is 10.3. The third-order valence-corrected chi connectivity index (χ3v) is 5.47. The largest absolute Gasteiger partial charge is 0.379 e. The van der Waals surface area contributed by atoms with E-state index in [1.807, 2.05) is 20.8 Å². The summed E-state index contributed by atoms with van der Waals surface area (Å²) >= 11 is 0. The van der Waals surface area contributed by atoms with Gasteiger partial charge in [0.25, 0.3) is 0 Å². The van der Waals surface area contributed by atoms with Gasteiger partial charge in [0.15, 0.2) is 0 Å². The Morgan fingerprint density at radius 2 is 1.71 bits per heavy atom. The number of hydrogen-bond acceptors (Lipinski definition) is 5. The second-order valence-corrected chi connectivity index (χ2v) is 6.10. The van der Waals surface area contributed by atoms with Crippen molar-refractivity contribution >= 4 is 7.60 Å². The zero-order chi connectivity index (χ0) is 12.7. The smallest absolute Gasteiger partial charge is 0.347 e. The quantitative estimate of drug-likeness (QED) is 0.661. The van der Waals surface area contributed by atoms with E-state index in [0.29, 0.717) is 26.4 Å². The van der Waals surface area contributed by atoms with E-state index < -0.39 is 7.60 Å². The molecule has 0 N–H and O–H groups in total. The maximum absolute atomic E-state index is 12.7. The molecule has 1 heterocycles. The van der Waals surface area contributed by atoms with Gasteiger partial charge in [0.2, 0.25) is 0 Å². The van der Waals surface area contributed by atoms with Crippen molar-refractivity contribution in [1.82, 2.24) is 4.90 Å². The summed E-state index contributed by atoms with van der Waals surface area (Å²) in [6.07, 6.45) is 0.761. The summed E-state index contributed by atoms with van der Waals surface area (Å²) in [5, 5.41) is 0. The second kappa shape index (κ2) is 7.49. The third kappa shape index (κ3) is 4.04. The first-order valence-electron chi connectivity index (χ1n) is 6.38. The van der Waals surface area contributed by atoms with Crippen LogP contribution in [-0.2, 0) is 18.3 Å². The number of morpholine rings is 1.